The summed E-state index contributed by atoms with van der Waals surface area (Å²) in [6.07, 6.45) is 1.30. The van der Waals surface area contributed by atoms with Crippen LogP contribution in [0, 0.1) is 5.92 Å². The maximum Gasteiger partial charge on any atom is 0.231 e. The van der Waals surface area contributed by atoms with Crippen molar-refractivity contribution in [2.45, 2.75) is 38.8 Å². The molecular weight excluding hydrogens is 282 g/mol. The van der Waals surface area contributed by atoms with Gasteiger partial charge in [0.05, 0.1) is 13.2 Å². The Bertz CT molecular complexity index is 558. The number of methoxy groups -OCH3 is 1. The molecule has 0 aromatic heterocycles. The van der Waals surface area contributed by atoms with Crippen molar-refractivity contribution in [1.29, 1.82) is 0 Å². The van der Waals surface area contributed by atoms with Gasteiger partial charge in [-0.2, -0.15) is 0 Å². The molecule has 5 heteroatoms. The lowest BCUT2D eigenvalue weighted by atomic mass is 9.86. The van der Waals surface area contributed by atoms with Crippen LogP contribution >= 0.6 is 0 Å². The van der Waals surface area contributed by atoms with Crippen molar-refractivity contribution in [3.05, 3.63) is 17.2 Å². The highest BCUT2D eigenvalue weighted by atomic mass is 16.7. The number of aliphatic hydroxyl groups excluding tert-OH is 1. The third-order valence-corrected chi connectivity index (χ3v) is 4.78. The highest BCUT2D eigenvalue weighted by Gasteiger charge is 2.35. The summed E-state index contributed by atoms with van der Waals surface area (Å²) in [6.45, 7) is 5.30. The van der Waals surface area contributed by atoms with E-state index in [1.807, 2.05) is 13.8 Å². The quantitative estimate of drug-likeness (QED) is 0.925. The van der Waals surface area contributed by atoms with E-state index in [1.165, 1.54) is 5.56 Å². The first-order chi connectivity index (χ1) is 10.5. The fourth-order valence-corrected chi connectivity index (χ4v) is 3.32. The Kier molecular flexibility index (Phi) is 4.19. The first-order valence-corrected chi connectivity index (χ1v) is 7.90. The maximum absolute atomic E-state index is 10.4. The van der Waals surface area contributed by atoms with Crippen LogP contribution in [0.25, 0.3) is 0 Å². The number of rotatable bonds is 4. The second-order valence-electron chi connectivity index (χ2n) is 6.51. The summed E-state index contributed by atoms with van der Waals surface area (Å²) >= 11 is 0. The van der Waals surface area contributed by atoms with E-state index in [9.17, 15) is 5.11 Å². The standard InChI is InChI=1S/C17H25NO4/c1-10(2)13(19)8-12-15-11(5-6-18(12)3)7-14-16(17(15)20-4)22-9-21-14/h7,10,12-13,19H,5-6,8-9H2,1-4H3/t12-,13-/m0/s1. The van der Waals surface area contributed by atoms with Crippen molar-refractivity contribution >= 4 is 0 Å². The Morgan fingerprint density at radius 3 is 2.86 bits per heavy atom. The van der Waals surface area contributed by atoms with Crippen LogP contribution in [0.1, 0.15) is 37.4 Å². The highest BCUT2D eigenvalue weighted by molar-refractivity contribution is 5.61. The zero-order valence-corrected chi connectivity index (χ0v) is 13.8. The van der Waals surface area contributed by atoms with Crippen LogP contribution in [0.2, 0.25) is 0 Å². The van der Waals surface area contributed by atoms with Gasteiger partial charge in [-0.1, -0.05) is 13.8 Å². The Morgan fingerprint density at radius 2 is 2.18 bits per heavy atom. The Hall–Kier alpha value is -1.46. The van der Waals surface area contributed by atoms with Crippen molar-refractivity contribution in [3.8, 4) is 17.2 Å². The van der Waals surface area contributed by atoms with Crippen LogP contribution in [-0.4, -0.2) is 43.6 Å². The minimum absolute atomic E-state index is 0.130. The lowest BCUT2D eigenvalue weighted by Crippen LogP contribution is -2.35. The number of aliphatic hydroxyl groups is 1. The molecule has 5 nitrogen and oxygen atoms in total. The average Bonchev–Trinajstić information content (AvgIpc) is 2.95. The summed E-state index contributed by atoms with van der Waals surface area (Å²) in [5.41, 5.74) is 2.38. The smallest absolute Gasteiger partial charge is 0.231 e. The molecule has 0 unspecified atom stereocenters. The SMILES string of the molecule is COc1c2c(cc3c1[C@H](C[C@H](O)C(C)C)N(C)CC3)OCO2. The first kappa shape index (κ1) is 15.4. The molecule has 3 rings (SSSR count). The van der Waals surface area contributed by atoms with Crippen molar-refractivity contribution in [3.63, 3.8) is 0 Å². The highest BCUT2D eigenvalue weighted by Crippen LogP contribution is 2.50. The zero-order valence-electron chi connectivity index (χ0n) is 13.8. The molecule has 2 aliphatic heterocycles. The summed E-state index contributed by atoms with van der Waals surface area (Å²) in [4.78, 5) is 2.29. The molecule has 2 aliphatic rings. The van der Waals surface area contributed by atoms with Crippen molar-refractivity contribution in [1.82, 2.24) is 4.90 Å². The van der Waals surface area contributed by atoms with Crippen LogP contribution in [-0.2, 0) is 6.42 Å². The third kappa shape index (κ3) is 2.52. The molecule has 1 N–H and O–H groups in total. The second kappa shape index (κ2) is 5.97. The van der Waals surface area contributed by atoms with Gasteiger partial charge in [-0.05, 0) is 37.4 Å². The molecule has 22 heavy (non-hydrogen) atoms. The van der Waals surface area contributed by atoms with Crippen LogP contribution < -0.4 is 14.2 Å². The second-order valence-corrected chi connectivity index (χ2v) is 6.51. The number of fused-ring (bicyclic) bond motifs is 2. The third-order valence-electron chi connectivity index (χ3n) is 4.78. The van der Waals surface area contributed by atoms with Gasteiger partial charge in [0.1, 0.15) is 0 Å². The van der Waals surface area contributed by atoms with E-state index in [0.717, 1.165) is 30.0 Å². The monoisotopic (exact) mass is 307 g/mol. The number of ether oxygens (including phenoxy) is 3. The molecule has 0 spiro atoms. The molecule has 0 fully saturated rings. The van der Waals surface area contributed by atoms with E-state index >= 15 is 0 Å². The number of hydrogen-bond donors (Lipinski definition) is 1. The van der Waals surface area contributed by atoms with E-state index in [0.29, 0.717) is 12.2 Å². The molecule has 0 saturated carbocycles. The van der Waals surface area contributed by atoms with Gasteiger partial charge in [0.15, 0.2) is 11.5 Å². The molecule has 0 amide bonds. The fourth-order valence-electron chi connectivity index (χ4n) is 3.32. The van der Waals surface area contributed by atoms with Gasteiger partial charge >= 0.3 is 0 Å². The number of benzene rings is 1. The zero-order chi connectivity index (χ0) is 15.9. The van der Waals surface area contributed by atoms with Gasteiger partial charge in [-0.3, -0.25) is 4.90 Å². The average molecular weight is 307 g/mol. The normalized spacial score (nSPS) is 21.8. The molecule has 0 bridgehead atoms. The molecule has 0 saturated heterocycles. The van der Waals surface area contributed by atoms with Gasteiger partial charge in [-0.25, -0.2) is 0 Å². The summed E-state index contributed by atoms with van der Waals surface area (Å²) < 4.78 is 16.8. The summed E-state index contributed by atoms with van der Waals surface area (Å²) in [7, 11) is 3.77. The van der Waals surface area contributed by atoms with Gasteiger partial charge in [0, 0.05) is 18.2 Å². The molecule has 0 radical (unpaired) electrons. The first-order valence-electron chi connectivity index (χ1n) is 7.90. The molecule has 122 valence electrons. The van der Waals surface area contributed by atoms with Crippen LogP contribution in [0.15, 0.2) is 6.07 Å². The summed E-state index contributed by atoms with van der Waals surface area (Å²) in [5, 5.41) is 10.4. The molecule has 0 aliphatic carbocycles. The predicted molar refractivity (Wildman–Crippen MR) is 83.7 cm³/mol. The number of likely N-dealkylation sites (N-methyl/N-ethyl adjacent to an activating group) is 1. The van der Waals surface area contributed by atoms with E-state index < -0.39 is 0 Å². The van der Waals surface area contributed by atoms with Gasteiger partial charge in [0.2, 0.25) is 12.5 Å². The van der Waals surface area contributed by atoms with Crippen molar-refractivity contribution in [2.75, 3.05) is 27.5 Å². The lowest BCUT2D eigenvalue weighted by Gasteiger charge is -2.37. The maximum atomic E-state index is 10.4. The number of hydrogen-bond acceptors (Lipinski definition) is 5. The van der Waals surface area contributed by atoms with E-state index in [4.69, 9.17) is 14.2 Å². The fraction of sp³-hybridized carbons (Fsp3) is 0.647. The molecule has 1 aromatic carbocycles. The summed E-state index contributed by atoms with van der Waals surface area (Å²) in [5.74, 6) is 2.46. The van der Waals surface area contributed by atoms with Crippen LogP contribution in [0.4, 0.5) is 0 Å². The van der Waals surface area contributed by atoms with Crippen LogP contribution in [0.5, 0.6) is 17.2 Å². The number of nitrogens with zero attached hydrogens (tertiary/aromatic N) is 1. The predicted octanol–water partition coefficient (Wildman–Crippen LogP) is 2.36. The topological polar surface area (TPSA) is 51.2 Å². The Morgan fingerprint density at radius 1 is 1.41 bits per heavy atom. The van der Waals surface area contributed by atoms with Crippen molar-refractivity contribution in [2.24, 2.45) is 5.92 Å². The minimum Gasteiger partial charge on any atom is -0.492 e. The Labute approximate surface area is 131 Å². The lowest BCUT2D eigenvalue weighted by molar-refractivity contribution is 0.0741. The van der Waals surface area contributed by atoms with E-state index in [-0.39, 0.29) is 24.9 Å². The van der Waals surface area contributed by atoms with Gasteiger partial charge in [-0.15, -0.1) is 0 Å². The van der Waals surface area contributed by atoms with Gasteiger partial charge in [0.25, 0.3) is 0 Å². The molecule has 2 heterocycles. The van der Waals surface area contributed by atoms with E-state index in [2.05, 4.69) is 18.0 Å². The van der Waals surface area contributed by atoms with E-state index in [1.54, 1.807) is 7.11 Å². The van der Waals surface area contributed by atoms with Crippen molar-refractivity contribution < 1.29 is 19.3 Å². The molecular formula is C17H25NO4. The largest absolute Gasteiger partial charge is 0.492 e. The summed E-state index contributed by atoms with van der Waals surface area (Å²) in [6, 6.07) is 2.20. The van der Waals surface area contributed by atoms with Crippen LogP contribution in [0.3, 0.4) is 0 Å². The Balaban J connectivity index is 2.04. The molecule has 2 atom stereocenters. The molecule has 1 aromatic rings. The minimum atomic E-state index is -0.339. The van der Waals surface area contributed by atoms with Gasteiger partial charge < -0.3 is 19.3 Å².